The van der Waals surface area contributed by atoms with E-state index in [-0.39, 0.29) is 13.2 Å². The molecule has 288 valence electrons. The Morgan fingerprint density at radius 3 is 1.32 bits per heavy atom. The van der Waals surface area contributed by atoms with Gasteiger partial charge < -0.3 is 25.1 Å². The minimum atomic E-state index is -1.65. The van der Waals surface area contributed by atoms with Crippen LogP contribution in [0.4, 0.5) is 0 Å². The molecule has 9 nitrogen and oxygen atoms in total. The number of nitrogens with one attached hydrogen (secondary N) is 3. The van der Waals surface area contributed by atoms with Crippen LogP contribution in [0, 0.1) is 5.41 Å². The summed E-state index contributed by atoms with van der Waals surface area (Å²) in [5.74, 6) is -2.53. The van der Waals surface area contributed by atoms with Crippen LogP contribution in [0.2, 0.25) is 0 Å². The highest BCUT2D eigenvalue weighted by Crippen LogP contribution is 2.74. The Labute approximate surface area is 340 Å². The van der Waals surface area contributed by atoms with Gasteiger partial charge in [0.1, 0.15) is 0 Å². The molecule has 3 aromatic heterocycles. The monoisotopic (exact) mass is 773 g/mol. The Morgan fingerprint density at radius 1 is 0.576 bits per heavy atom. The fourth-order valence-electron chi connectivity index (χ4n) is 9.14. The van der Waals surface area contributed by atoms with Crippen molar-refractivity contribution in [2.45, 2.75) is 11.8 Å². The number of benzene rings is 4. The summed E-state index contributed by atoms with van der Waals surface area (Å²) >= 11 is 0. The number of rotatable bonds is 8. The number of aliphatic hydroxyl groups is 1. The second kappa shape index (κ2) is 14.5. The van der Waals surface area contributed by atoms with E-state index in [1.165, 1.54) is 7.11 Å². The molecule has 2 unspecified atom stereocenters. The van der Waals surface area contributed by atoms with E-state index >= 15 is 0 Å². The van der Waals surface area contributed by atoms with Gasteiger partial charge in [0.05, 0.1) is 36.5 Å². The van der Waals surface area contributed by atoms with Crippen LogP contribution in [0.1, 0.15) is 34.6 Å². The second-order valence-electron chi connectivity index (χ2n) is 14.9. The molecule has 8 bridgehead atoms. The number of carbonyl (C=O) groups excluding carboxylic acids is 2. The lowest BCUT2D eigenvalue weighted by atomic mass is 9.92. The van der Waals surface area contributed by atoms with E-state index in [1.807, 2.05) is 109 Å². The highest BCUT2D eigenvalue weighted by molar-refractivity contribution is 6.11. The van der Waals surface area contributed by atoms with E-state index in [1.54, 1.807) is 0 Å². The van der Waals surface area contributed by atoms with E-state index in [0.29, 0.717) is 11.4 Å². The summed E-state index contributed by atoms with van der Waals surface area (Å²) in [6.07, 6.45) is 4.14. The van der Waals surface area contributed by atoms with E-state index in [2.05, 4.69) is 63.8 Å². The van der Waals surface area contributed by atoms with E-state index in [9.17, 15) is 14.7 Å². The van der Waals surface area contributed by atoms with Gasteiger partial charge in [-0.2, -0.15) is 0 Å². The van der Waals surface area contributed by atoms with E-state index < -0.39 is 29.1 Å². The van der Waals surface area contributed by atoms with Gasteiger partial charge in [0.15, 0.2) is 5.41 Å². The number of hydrogen-bond acceptors (Lipinski definition) is 6. The number of amides is 1. The second-order valence-corrected chi connectivity index (χ2v) is 14.9. The minimum Gasteiger partial charge on any atom is -0.468 e. The topological polar surface area (TPSA) is 133 Å². The van der Waals surface area contributed by atoms with Crippen molar-refractivity contribution in [3.8, 4) is 44.5 Å². The number of fused-ring (bicyclic) bond motifs is 11. The molecule has 1 saturated carbocycles. The molecule has 4 aromatic carbocycles. The Hall–Kier alpha value is -7.36. The lowest BCUT2D eigenvalue weighted by molar-refractivity contribution is -0.152. The molecule has 4 N–H and O–H groups in total. The van der Waals surface area contributed by atoms with Crippen molar-refractivity contribution in [1.29, 1.82) is 0 Å². The first kappa shape index (κ1) is 36.0. The Balaban J connectivity index is 1.42. The van der Waals surface area contributed by atoms with Crippen molar-refractivity contribution in [3.05, 3.63) is 168 Å². The average Bonchev–Trinajstić information content (AvgIpc) is 3.89. The predicted octanol–water partition coefficient (Wildman–Crippen LogP) is 9.30. The zero-order valence-corrected chi connectivity index (χ0v) is 32.1. The van der Waals surface area contributed by atoms with Gasteiger partial charge in [-0.3, -0.25) is 14.6 Å². The van der Waals surface area contributed by atoms with Crippen molar-refractivity contribution in [2.24, 2.45) is 5.41 Å². The van der Waals surface area contributed by atoms with Gasteiger partial charge in [-0.15, -0.1) is 0 Å². The first-order valence-electron chi connectivity index (χ1n) is 19.7. The van der Waals surface area contributed by atoms with Crippen LogP contribution in [-0.2, 0) is 14.3 Å². The van der Waals surface area contributed by atoms with Crippen molar-refractivity contribution in [3.63, 3.8) is 0 Å². The molecule has 0 saturated heterocycles. The smallest absolute Gasteiger partial charge is 0.322 e. The quantitative estimate of drug-likeness (QED) is 0.0899. The van der Waals surface area contributed by atoms with Crippen molar-refractivity contribution >= 4 is 46.1 Å². The molecule has 0 radical (unpaired) electrons. The summed E-state index contributed by atoms with van der Waals surface area (Å²) in [7, 11) is 1.31. The first-order valence-corrected chi connectivity index (χ1v) is 19.7. The lowest BCUT2D eigenvalue weighted by Gasteiger charge is -2.19. The largest absolute Gasteiger partial charge is 0.468 e. The number of aromatic nitrogens is 4. The van der Waals surface area contributed by atoms with Gasteiger partial charge in [0.25, 0.3) is 0 Å². The van der Waals surface area contributed by atoms with Gasteiger partial charge >= 0.3 is 5.97 Å². The molecule has 1 amide bonds. The predicted molar refractivity (Wildman–Crippen MR) is 232 cm³/mol. The minimum absolute atomic E-state index is 0.0176. The molecule has 59 heavy (non-hydrogen) atoms. The zero-order chi connectivity index (χ0) is 40.1. The number of nitrogens with zero attached hydrogens (tertiary/aromatic N) is 2. The van der Waals surface area contributed by atoms with Crippen molar-refractivity contribution < 1.29 is 19.4 Å². The molecule has 7 aromatic rings. The van der Waals surface area contributed by atoms with Crippen LogP contribution in [0.5, 0.6) is 0 Å². The van der Waals surface area contributed by atoms with Crippen LogP contribution in [0.3, 0.4) is 0 Å². The normalized spacial score (nSPS) is 17.6. The van der Waals surface area contributed by atoms with Crippen LogP contribution in [0.25, 0.3) is 78.7 Å². The summed E-state index contributed by atoms with van der Waals surface area (Å²) < 4.78 is 5.52. The third kappa shape index (κ3) is 5.81. The highest BCUT2D eigenvalue weighted by atomic mass is 16.5. The standard InChI is InChI=1S/C50H39N5O4/c1-59-49(58)50(48(57)51-28-29-56)44-45(50)47-43(33-20-12-5-13-21-33)39-27-25-37(54-39)41(31-16-8-3-9-17-31)35-23-22-34(52-35)40(30-14-6-2-7-15-30)36-24-26-38(53-36)42(46(44)55-47)32-18-10-4-11-19-32/h2-27,44-45,53-54,56H,28-29H2,1H3,(H,51,57). The number of esters is 1. The molecule has 10 rings (SSSR count). The summed E-state index contributed by atoms with van der Waals surface area (Å²) in [5.41, 5.74) is 11.4. The summed E-state index contributed by atoms with van der Waals surface area (Å²) in [6.45, 7) is -0.301. The van der Waals surface area contributed by atoms with E-state index in [0.717, 1.165) is 78.0 Å². The summed E-state index contributed by atoms with van der Waals surface area (Å²) in [5, 5.41) is 12.6. The molecule has 3 aliphatic rings. The number of aromatic amines is 2. The van der Waals surface area contributed by atoms with Gasteiger partial charge in [-0.05, 0) is 58.7 Å². The number of ether oxygens (including phenoxy) is 1. The average molecular weight is 774 g/mol. The van der Waals surface area contributed by atoms with E-state index in [4.69, 9.17) is 14.7 Å². The molecule has 0 spiro atoms. The number of aliphatic hydroxyl groups excluding tert-OH is 1. The maximum atomic E-state index is 14.6. The molecule has 5 heterocycles. The third-order valence-corrected chi connectivity index (χ3v) is 11.7. The summed E-state index contributed by atoms with van der Waals surface area (Å²) in [6, 6.07) is 48.4. The van der Waals surface area contributed by atoms with Crippen LogP contribution >= 0.6 is 0 Å². The van der Waals surface area contributed by atoms with Crippen molar-refractivity contribution in [1.82, 2.24) is 25.3 Å². The molecule has 1 fully saturated rings. The number of hydrogen-bond donors (Lipinski definition) is 4. The number of methoxy groups -OCH3 is 1. The molecular weight excluding hydrogens is 735 g/mol. The van der Waals surface area contributed by atoms with Gasteiger partial charge in [0.2, 0.25) is 5.91 Å². The fourth-order valence-corrected chi connectivity index (χ4v) is 9.14. The Kier molecular flexibility index (Phi) is 8.87. The first-order chi connectivity index (χ1) is 29.0. The van der Waals surface area contributed by atoms with Crippen molar-refractivity contribution in [2.75, 3.05) is 20.3 Å². The Bertz CT molecular complexity index is 2780. The third-order valence-electron chi connectivity index (χ3n) is 11.7. The van der Waals surface area contributed by atoms with Gasteiger partial charge in [0, 0.05) is 62.7 Å². The fraction of sp³-hybridized carbons (Fsp3) is 0.120. The maximum absolute atomic E-state index is 14.6. The van der Waals surface area contributed by atoms with Crippen LogP contribution < -0.4 is 5.32 Å². The molecule has 9 heteroatoms. The number of carbonyl (C=O) groups is 2. The Morgan fingerprint density at radius 2 is 0.949 bits per heavy atom. The maximum Gasteiger partial charge on any atom is 0.322 e. The lowest BCUT2D eigenvalue weighted by Crippen LogP contribution is -2.41. The highest BCUT2D eigenvalue weighted by Gasteiger charge is 2.80. The van der Waals surface area contributed by atoms with Gasteiger partial charge in [-0.25, -0.2) is 4.98 Å². The van der Waals surface area contributed by atoms with Crippen LogP contribution in [-0.4, -0.2) is 57.2 Å². The van der Waals surface area contributed by atoms with Gasteiger partial charge in [-0.1, -0.05) is 121 Å². The zero-order valence-electron chi connectivity index (χ0n) is 32.1. The molecule has 2 atom stereocenters. The molecule has 2 aliphatic heterocycles. The van der Waals surface area contributed by atoms with Crippen LogP contribution in [0.15, 0.2) is 146 Å². The summed E-state index contributed by atoms with van der Waals surface area (Å²) in [4.78, 5) is 47.3. The molecular formula is C50H39N5O4. The molecule has 1 aliphatic carbocycles. The SMILES string of the molecule is COC(=O)C1(C(=O)NCCO)C2c3nc(c(-c4ccccc4)c4ccc([nH]4)c(-c4ccccc4)c4nc(c(-c5ccccc5)c5ccc([nH]5)c3-c3ccccc3)C=C4)C21. The number of H-pyrrole nitrogens is 2.